The van der Waals surface area contributed by atoms with Gasteiger partial charge in [-0.1, -0.05) is 48.5 Å². The molecule has 2 heterocycles. The molecule has 0 spiro atoms. The topological polar surface area (TPSA) is 54.0 Å². The number of esters is 1. The van der Waals surface area contributed by atoms with Gasteiger partial charge in [-0.15, -0.1) is 0 Å². The van der Waals surface area contributed by atoms with Crippen molar-refractivity contribution in [3.05, 3.63) is 71.8 Å². The van der Waals surface area contributed by atoms with Gasteiger partial charge in [0.1, 0.15) is 6.10 Å². The zero-order valence-electron chi connectivity index (χ0n) is 13.7. The Labute approximate surface area is 146 Å². The van der Waals surface area contributed by atoms with Crippen molar-refractivity contribution in [3.63, 3.8) is 0 Å². The van der Waals surface area contributed by atoms with Gasteiger partial charge in [-0.25, -0.2) is 4.79 Å². The molecule has 0 radical (unpaired) electrons. The Balaban J connectivity index is 1.39. The van der Waals surface area contributed by atoms with E-state index >= 15 is 0 Å². The molecule has 4 rings (SSSR count). The molecule has 0 aromatic heterocycles. The number of carbonyl (C=O) groups excluding carboxylic acids is 1. The van der Waals surface area contributed by atoms with Gasteiger partial charge in [0.15, 0.2) is 12.4 Å². The minimum atomic E-state index is -0.505. The number of ether oxygens (including phenoxy) is 4. The van der Waals surface area contributed by atoms with Gasteiger partial charge in [-0.2, -0.15) is 0 Å². The zero-order chi connectivity index (χ0) is 17.1. The van der Waals surface area contributed by atoms with Crippen molar-refractivity contribution in [2.24, 2.45) is 0 Å². The van der Waals surface area contributed by atoms with Crippen molar-refractivity contribution < 1.29 is 23.7 Å². The zero-order valence-corrected chi connectivity index (χ0v) is 13.7. The summed E-state index contributed by atoms with van der Waals surface area (Å²) in [6, 6.07) is 18.9. The predicted octanol–water partition coefficient (Wildman–Crippen LogP) is 2.94. The summed E-state index contributed by atoms with van der Waals surface area (Å²) in [4.78, 5) is 12.3. The molecule has 5 heteroatoms. The second-order valence-electron chi connectivity index (χ2n) is 6.26. The fourth-order valence-electron chi connectivity index (χ4n) is 3.16. The molecule has 2 aromatic carbocycles. The Morgan fingerprint density at radius 1 is 1.00 bits per heavy atom. The van der Waals surface area contributed by atoms with Crippen molar-refractivity contribution in [2.45, 2.75) is 37.6 Å². The second-order valence-corrected chi connectivity index (χ2v) is 6.26. The minimum Gasteiger partial charge on any atom is -0.453 e. The van der Waals surface area contributed by atoms with Crippen molar-refractivity contribution >= 4 is 5.97 Å². The van der Waals surface area contributed by atoms with Crippen LogP contribution in [0.5, 0.6) is 0 Å². The van der Waals surface area contributed by atoms with Gasteiger partial charge in [0.05, 0.1) is 24.9 Å². The molecular formula is C20H20O5. The number of rotatable bonds is 5. The summed E-state index contributed by atoms with van der Waals surface area (Å²) in [5.41, 5.74) is 1.62. The molecule has 2 saturated heterocycles. The molecule has 2 fully saturated rings. The van der Waals surface area contributed by atoms with E-state index in [2.05, 4.69) is 0 Å². The highest BCUT2D eigenvalue weighted by Gasteiger charge is 2.46. The van der Waals surface area contributed by atoms with Gasteiger partial charge in [0.2, 0.25) is 0 Å². The summed E-state index contributed by atoms with van der Waals surface area (Å²) >= 11 is 0. The maximum atomic E-state index is 12.3. The molecule has 0 amide bonds. The number of hydrogen-bond donors (Lipinski definition) is 0. The molecular weight excluding hydrogens is 320 g/mol. The predicted molar refractivity (Wildman–Crippen MR) is 89.9 cm³/mol. The highest BCUT2D eigenvalue weighted by molar-refractivity contribution is 5.89. The lowest BCUT2D eigenvalue weighted by Crippen LogP contribution is -2.45. The summed E-state index contributed by atoms with van der Waals surface area (Å²) in [6.45, 7) is 0.957. The Hall–Kier alpha value is -2.21. The molecule has 2 aliphatic heterocycles. The first-order valence-corrected chi connectivity index (χ1v) is 8.48. The van der Waals surface area contributed by atoms with Crippen LogP contribution in [0.3, 0.4) is 0 Å². The van der Waals surface area contributed by atoms with Gasteiger partial charge in [0, 0.05) is 6.42 Å². The van der Waals surface area contributed by atoms with Gasteiger partial charge in [-0.05, 0) is 17.7 Å². The van der Waals surface area contributed by atoms with Crippen LogP contribution in [0, 0.1) is 0 Å². The van der Waals surface area contributed by atoms with Crippen molar-refractivity contribution in [3.8, 4) is 0 Å². The molecule has 2 aromatic rings. The second kappa shape index (κ2) is 7.35. The van der Waals surface area contributed by atoms with E-state index in [0.717, 1.165) is 5.56 Å². The van der Waals surface area contributed by atoms with Crippen LogP contribution in [-0.2, 0) is 25.6 Å². The fraction of sp³-hybridized carbons (Fsp3) is 0.350. The summed E-state index contributed by atoms with van der Waals surface area (Å²) in [5.74, 6) is -0.370. The van der Waals surface area contributed by atoms with E-state index in [1.807, 2.05) is 48.5 Å². The highest BCUT2D eigenvalue weighted by atomic mass is 16.8. The first-order chi connectivity index (χ1) is 12.3. The van der Waals surface area contributed by atoms with Crippen LogP contribution in [0.25, 0.3) is 0 Å². The van der Waals surface area contributed by atoms with E-state index in [1.165, 1.54) is 0 Å². The van der Waals surface area contributed by atoms with E-state index in [1.54, 1.807) is 12.1 Å². The number of hydrogen-bond acceptors (Lipinski definition) is 5. The standard InChI is InChI=1S/C20H20O5/c21-19(15-9-5-2-6-10-15)24-17-11-16(18-13-23-20(17)25-18)22-12-14-7-3-1-4-8-14/h1-10,16-18,20H,11-13H2/t16-,17+,18+,20+/m1/s1. The minimum absolute atomic E-state index is 0.111. The largest absolute Gasteiger partial charge is 0.453 e. The van der Waals surface area contributed by atoms with Crippen molar-refractivity contribution in [1.29, 1.82) is 0 Å². The smallest absolute Gasteiger partial charge is 0.338 e. The SMILES string of the molecule is O=C(O[C@H]1C[C@@H](OCc2ccccc2)[C@@H]2CO[C@H]1O2)c1ccccc1. The average molecular weight is 340 g/mol. The fourth-order valence-corrected chi connectivity index (χ4v) is 3.16. The highest BCUT2D eigenvalue weighted by Crippen LogP contribution is 2.32. The lowest BCUT2D eigenvalue weighted by atomic mass is 10.0. The molecule has 25 heavy (non-hydrogen) atoms. The molecule has 2 aliphatic rings. The van der Waals surface area contributed by atoms with Gasteiger partial charge < -0.3 is 18.9 Å². The third-order valence-corrected chi connectivity index (χ3v) is 4.49. The molecule has 0 aliphatic carbocycles. The molecule has 130 valence electrons. The molecule has 5 nitrogen and oxygen atoms in total. The summed E-state index contributed by atoms with van der Waals surface area (Å²) in [7, 11) is 0. The summed E-state index contributed by atoms with van der Waals surface area (Å²) in [5, 5.41) is 0. The molecule has 0 saturated carbocycles. The number of benzene rings is 2. The van der Waals surface area contributed by atoms with Crippen molar-refractivity contribution in [1.82, 2.24) is 0 Å². The quantitative estimate of drug-likeness (QED) is 0.784. The van der Waals surface area contributed by atoms with Crippen LogP contribution in [0.1, 0.15) is 22.3 Å². The molecule has 0 unspecified atom stereocenters. The van der Waals surface area contributed by atoms with Crippen LogP contribution in [0.15, 0.2) is 60.7 Å². The molecule has 2 bridgehead atoms. The van der Waals surface area contributed by atoms with E-state index in [9.17, 15) is 4.79 Å². The Bertz CT molecular complexity index is 703. The lowest BCUT2D eigenvalue weighted by Gasteiger charge is -2.33. The van der Waals surface area contributed by atoms with Crippen LogP contribution in [-0.4, -0.2) is 37.2 Å². The number of fused-ring (bicyclic) bond motifs is 2. The van der Waals surface area contributed by atoms with Gasteiger partial charge in [-0.3, -0.25) is 0 Å². The van der Waals surface area contributed by atoms with E-state index in [4.69, 9.17) is 18.9 Å². The monoisotopic (exact) mass is 340 g/mol. The third kappa shape index (κ3) is 3.74. The van der Waals surface area contributed by atoms with Gasteiger partial charge >= 0.3 is 5.97 Å². The lowest BCUT2D eigenvalue weighted by molar-refractivity contribution is -0.193. The maximum Gasteiger partial charge on any atom is 0.338 e. The molecule has 0 N–H and O–H groups in total. The van der Waals surface area contributed by atoms with Gasteiger partial charge in [0.25, 0.3) is 0 Å². The van der Waals surface area contributed by atoms with E-state index < -0.39 is 12.4 Å². The van der Waals surface area contributed by atoms with E-state index in [-0.39, 0.29) is 18.2 Å². The maximum absolute atomic E-state index is 12.3. The van der Waals surface area contributed by atoms with E-state index in [0.29, 0.717) is 25.2 Å². The first kappa shape index (κ1) is 16.3. The first-order valence-electron chi connectivity index (χ1n) is 8.48. The van der Waals surface area contributed by atoms with Crippen LogP contribution < -0.4 is 0 Å². The Morgan fingerprint density at radius 2 is 1.72 bits per heavy atom. The van der Waals surface area contributed by atoms with Crippen LogP contribution >= 0.6 is 0 Å². The average Bonchev–Trinajstić information content (AvgIpc) is 3.09. The third-order valence-electron chi connectivity index (χ3n) is 4.49. The van der Waals surface area contributed by atoms with Crippen LogP contribution in [0.2, 0.25) is 0 Å². The summed E-state index contributed by atoms with van der Waals surface area (Å²) < 4.78 is 23.1. The summed E-state index contributed by atoms with van der Waals surface area (Å²) in [6.07, 6.45) is -0.671. The van der Waals surface area contributed by atoms with Crippen LogP contribution in [0.4, 0.5) is 0 Å². The normalized spacial score (nSPS) is 27.8. The Kier molecular flexibility index (Phi) is 4.78. The molecule has 4 atom stereocenters. The number of carbonyl (C=O) groups is 1. The Morgan fingerprint density at radius 3 is 2.48 bits per heavy atom. The van der Waals surface area contributed by atoms with Crippen molar-refractivity contribution in [2.75, 3.05) is 6.61 Å².